The number of hydrogen-bond donors (Lipinski definition) is 3. The summed E-state index contributed by atoms with van der Waals surface area (Å²) in [6.07, 6.45) is 4.90. The van der Waals surface area contributed by atoms with E-state index in [9.17, 15) is 9.59 Å². The highest BCUT2D eigenvalue weighted by Crippen LogP contribution is 2.30. The molecule has 11 heteroatoms. The maximum atomic E-state index is 12.2. The summed E-state index contributed by atoms with van der Waals surface area (Å²) in [5.74, 6) is 0.446. The van der Waals surface area contributed by atoms with E-state index in [0.29, 0.717) is 35.6 Å². The van der Waals surface area contributed by atoms with Gasteiger partial charge in [0.2, 0.25) is 5.91 Å². The van der Waals surface area contributed by atoms with E-state index in [0.717, 1.165) is 31.8 Å². The summed E-state index contributed by atoms with van der Waals surface area (Å²) < 4.78 is 11.0. The van der Waals surface area contributed by atoms with Gasteiger partial charge in [0, 0.05) is 31.9 Å². The summed E-state index contributed by atoms with van der Waals surface area (Å²) in [6, 6.07) is 0. The number of aliphatic carboxylic acids is 1. The number of rotatable bonds is 10. The van der Waals surface area contributed by atoms with Gasteiger partial charge in [0.1, 0.15) is 10.5 Å². The molecule has 1 amide bonds. The lowest BCUT2D eigenvalue weighted by Crippen LogP contribution is -2.49. The molecule has 0 bridgehead atoms. The number of hydrogen-bond acceptors (Lipinski definition) is 8. The van der Waals surface area contributed by atoms with Gasteiger partial charge >= 0.3 is 5.97 Å². The Hall–Kier alpha value is -1.33. The van der Waals surface area contributed by atoms with Crippen molar-refractivity contribution in [1.82, 2.24) is 15.5 Å². The van der Waals surface area contributed by atoms with Crippen molar-refractivity contribution in [3.8, 4) is 0 Å². The first kappa shape index (κ1) is 24.3. The number of allylic oxidation sites excluding steroid dienone is 2. The van der Waals surface area contributed by atoms with Crippen molar-refractivity contribution in [2.45, 2.75) is 23.7 Å². The highest BCUT2D eigenvalue weighted by atomic mass is 35.5. The van der Waals surface area contributed by atoms with E-state index in [1.54, 1.807) is 12.5 Å². The predicted molar refractivity (Wildman–Crippen MR) is 124 cm³/mol. The lowest BCUT2D eigenvalue weighted by molar-refractivity contribution is -0.136. The second kappa shape index (κ2) is 12.1. The second-order valence-corrected chi connectivity index (χ2v) is 10.3. The average molecular weight is 490 g/mol. The van der Waals surface area contributed by atoms with E-state index in [1.807, 2.05) is 6.08 Å². The Bertz CT molecular complexity index is 761. The van der Waals surface area contributed by atoms with Crippen molar-refractivity contribution < 1.29 is 24.2 Å². The number of nitrogens with one attached hydrogen (secondary N) is 2. The fourth-order valence-electron chi connectivity index (χ4n) is 3.55. The first-order valence-electron chi connectivity index (χ1n) is 10.1. The van der Waals surface area contributed by atoms with Crippen LogP contribution in [-0.4, -0.2) is 78.3 Å². The largest absolute Gasteiger partial charge is 0.496 e. The van der Waals surface area contributed by atoms with E-state index in [-0.39, 0.29) is 23.1 Å². The quantitative estimate of drug-likeness (QED) is 0.426. The maximum Gasteiger partial charge on any atom is 0.309 e. The van der Waals surface area contributed by atoms with Crippen molar-refractivity contribution in [1.29, 1.82) is 0 Å². The summed E-state index contributed by atoms with van der Waals surface area (Å²) in [5.41, 5.74) is 0.675. The number of halogens is 1. The number of nitrogens with zero attached hydrogens (tertiary/aromatic N) is 1. The minimum atomic E-state index is -0.872. The van der Waals surface area contributed by atoms with Crippen LogP contribution in [0.5, 0.6) is 0 Å². The summed E-state index contributed by atoms with van der Waals surface area (Å²) in [4.78, 5) is 25.3. The fourth-order valence-corrected chi connectivity index (χ4v) is 5.87. The highest BCUT2D eigenvalue weighted by molar-refractivity contribution is 8.18. The van der Waals surface area contributed by atoms with Gasteiger partial charge in [-0.2, -0.15) is 0 Å². The van der Waals surface area contributed by atoms with Crippen LogP contribution >= 0.6 is 35.1 Å². The summed E-state index contributed by atoms with van der Waals surface area (Å²) in [7, 11) is 1.62. The first-order valence-corrected chi connectivity index (χ1v) is 12.5. The van der Waals surface area contributed by atoms with E-state index in [4.69, 9.17) is 26.2 Å². The van der Waals surface area contributed by atoms with E-state index in [1.165, 1.54) is 23.5 Å². The molecule has 172 valence electrons. The summed E-state index contributed by atoms with van der Waals surface area (Å²) in [6.45, 7) is 3.62. The van der Waals surface area contributed by atoms with Gasteiger partial charge in [-0.15, -0.1) is 11.8 Å². The molecule has 2 unspecified atom stereocenters. The van der Waals surface area contributed by atoms with Gasteiger partial charge in [0.15, 0.2) is 0 Å². The smallest absolute Gasteiger partial charge is 0.309 e. The monoisotopic (exact) mass is 489 g/mol. The molecule has 0 aromatic rings. The van der Waals surface area contributed by atoms with E-state index < -0.39 is 5.97 Å². The Balaban J connectivity index is 1.32. The Morgan fingerprint density at radius 1 is 1.52 bits per heavy atom. The Kier molecular flexibility index (Phi) is 9.46. The minimum Gasteiger partial charge on any atom is -0.496 e. The number of amides is 1. The molecule has 3 rings (SSSR count). The van der Waals surface area contributed by atoms with Crippen LogP contribution in [0, 0.1) is 5.92 Å². The number of ether oxygens (including phenoxy) is 2. The molecule has 0 aromatic heterocycles. The zero-order valence-corrected chi connectivity index (χ0v) is 19.7. The van der Waals surface area contributed by atoms with Gasteiger partial charge in [-0.1, -0.05) is 29.4 Å². The van der Waals surface area contributed by atoms with Gasteiger partial charge < -0.3 is 25.2 Å². The number of carbonyl (C=O) groups excluding carboxylic acids is 1. The van der Waals surface area contributed by atoms with Crippen LogP contribution in [0.1, 0.15) is 12.8 Å². The maximum absolute atomic E-state index is 12.2. The van der Waals surface area contributed by atoms with Gasteiger partial charge in [0.25, 0.3) is 0 Å². The summed E-state index contributed by atoms with van der Waals surface area (Å²) in [5, 5.41) is 17.3. The number of carbonyl (C=O) groups is 2. The third-order valence-electron chi connectivity index (χ3n) is 5.03. The second-order valence-electron chi connectivity index (χ2n) is 7.48. The molecular weight excluding hydrogens is 462 g/mol. The van der Waals surface area contributed by atoms with Crippen molar-refractivity contribution in [2.24, 2.45) is 5.92 Å². The fraction of sp³-hybridized carbons (Fsp3) is 0.600. The predicted octanol–water partition coefficient (Wildman–Crippen LogP) is 2.15. The van der Waals surface area contributed by atoms with Crippen molar-refractivity contribution >= 4 is 47.0 Å². The topological polar surface area (TPSA) is 100 Å². The molecule has 0 saturated carbocycles. The van der Waals surface area contributed by atoms with E-state index >= 15 is 0 Å². The SMILES string of the molecule is COC1=CCC(CN2CCO[C@@H](CNC(=O)CSC3NC(CC(=O)O)=CS3)C2)C=C1Cl. The normalized spacial score (nSPS) is 26.4. The molecule has 3 N–H and O–H groups in total. The number of methoxy groups -OCH3 is 1. The molecule has 3 atom stereocenters. The van der Waals surface area contributed by atoms with Crippen LogP contribution in [-0.2, 0) is 19.1 Å². The molecule has 2 aliphatic heterocycles. The van der Waals surface area contributed by atoms with Crippen LogP contribution in [0.4, 0.5) is 0 Å². The molecule has 31 heavy (non-hydrogen) atoms. The third-order valence-corrected chi connectivity index (χ3v) is 7.72. The molecule has 1 saturated heterocycles. The van der Waals surface area contributed by atoms with E-state index in [2.05, 4.69) is 21.6 Å². The van der Waals surface area contributed by atoms with Crippen LogP contribution in [0.15, 0.2) is 34.0 Å². The number of morpholine rings is 1. The summed E-state index contributed by atoms with van der Waals surface area (Å²) >= 11 is 9.19. The molecule has 3 aliphatic rings. The number of carboxylic acid groups (broad SMARTS) is 1. The Labute approximate surface area is 195 Å². The van der Waals surface area contributed by atoms with Crippen molar-refractivity contribution in [3.05, 3.63) is 34.0 Å². The molecule has 1 aliphatic carbocycles. The standard InChI is InChI=1S/C20H28ClN3O5S2/c1-28-17-3-2-13(6-16(17)21)9-24-4-5-29-15(10-24)8-22-18(25)12-31-20-23-14(11-30-20)7-19(26)27/h3,6,11,13,15,20,23H,2,4-5,7-10,12H2,1H3,(H,22,25)(H,26,27)/t13?,15-,20?/m0/s1. The van der Waals surface area contributed by atoms with Crippen LogP contribution in [0.3, 0.4) is 0 Å². The zero-order valence-electron chi connectivity index (χ0n) is 17.3. The Morgan fingerprint density at radius 3 is 3.10 bits per heavy atom. The Morgan fingerprint density at radius 2 is 2.35 bits per heavy atom. The third kappa shape index (κ3) is 7.94. The van der Waals surface area contributed by atoms with Gasteiger partial charge in [0.05, 0.1) is 37.0 Å². The van der Waals surface area contributed by atoms with Crippen LogP contribution in [0.25, 0.3) is 0 Å². The highest BCUT2D eigenvalue weighted by Gasteiger charge is 2.25. The number of carboxylic acids is 1. The molecular formula is C20H28ClN3O5S2. The van der Waals surface area contributed by atoms with Gasteiger partial charge in [-0.25, -0.2) is 0 Å². The van der Waals surface area contributed by atoms with Crippen molar-refractivity contribution in [3.63, 3.8) is 0 Å². The van der Waals surface area contributed by atoms with Crippen molar-refractivity contribution in [2.75, 3.05) is 45.6 Å². The zero-order chi connectivity index (χ0) is 22.2. The van der Waals surface area contributed by atoms with Gasteiger partial charge in [-0.05, 0) is 23.8 Å². The minimum absolute atomic E-state index is 0.0293. The molecule has 1 fully saturated rings. The molecule has 0 spiro atoms. The lowest BCUT2D eigenvalue weighted by atomic mass is 9.99. The molecule has 2 heterocycles. The first-order chi connectivity index (χ1) is 14.9. The number of thioether (sulfide) groups is 2. The van der Waals surface area contributed by atoms with Crippen LogP contribution < -0.4 is 10.6 Å². The molecule has 0 radical (unpaired) electrons. The average Bonchev–Trinajstić information content (AvgIpc) is 3.18. The lowest BCUT2D eigenvalue weighted by Gasteiger charge is -2.35. The van der Waals surface area contributed by atoms with Gasteiger partial charge in [-0.3, -0.25) is 14.5 Å². The molecule has 0 aromatic carbocycles. The molecule has 8 nitrogen and oxygen atoms in total. The van der Waals surface area contributed by atoms with Crippen LogP contribution in [0.2, 0.25) is 0 Å².